The van der Waals surface area contributed by atoms with E-state index in [2.05, 4.69) is 0 Å². The lowest BCUT2D eigenvalue weighted by molar-refractivity contribution is -0.384. The molecule has 2 rings (SSSR count). The molecule has 0 fully saturated rings. The van der Waals surface area contributed by atoms with Crippen LogP contribution < -0.4 is 0 Å². The molecule has 0 bridgehead atoms. The van der Waals surface area contributed by atoms with E-state index in [4.69, 9.17) is 11.6 Å². The Balaban J connectivity index is 2.41. The van der Waals surface area contributed by atoms with Gasteiger partial charge in [0.15, 0.2) is 4.34 Å². The van der Waals surface area contributed by atoms with E-state index in [-0.39, 0.29) is 26.2 Å². The first-order chi connectivity index (χ1) is 9.40. The van der Waals surface area contributed by atoms with Gasteiger partial charge in [-0.15, -0.1) is 11.3 Å². The monoisotopic (exact) mass is 312 g/mol. The first kappa shape index (κ1) is 14.1. The molecule has 0 saturated heterocycles. The molecule has 2 aromatic rings. The van der Waals surface area contributed by atoms with E-state index < -0.39 is 15.6 Å². The average molecular weight is 313 g/mol. The molecule has 0 aliphatic rings. The third-order valence-electron chi connectivity index (χ3n) is 2.41. The molecule has 0 unspecified atom stereocenters. The standard InChI is InChI=1S/C11H5ClN2O5S/c12-11-8(14(18)19)5-9(20-11)10(15)6-2-1-3-7(4-6)13(16)17/h1-5H. The summed E-state index contributed by atoms with van der Waals surface area (Å²) in [7, 11) is 0. The molecular formula is C11H5ClN2O5S. The molecule has 0 spiro atoms. The first-order valence-corrected chi connectivity index (χ1v) is 6.32. The molecule has 20 heavy (non-hydrogen) atoms. The molecule has 9 heteroatoms. The molecule has 0 aliphatic heterocycles. The van der Waals surface area contributed by atoms with Crippen molar-refractivity contribution in [1.82, 2.24) is 0 Å². The largest absolute Gasteiger partial charge is 0.299 e. The van der Waals surface area contributed by atoms with Crippen molar-refractivity contribution in [3.05, 3.63) is 65.3 Å². The molecule has 0 aliphatic carbocycles. The zero-order valence-electron chi connectivity index (χ0n) is 9.61. The topological polar surface area (TPSA) is 103 Å². The van der Waals surface area contributed by atoms with Crippen molar-refractivity contribution >= 4 is 40.1 Å². The van der Waals surface area contributed by atoms with Crippen LogP contribution in [0.25, 0.3) is 0 Å². The molecule has 7 nitrogen and oxygen atoms in total. The molecule has 0 saturated carbocycles. The molecule has 0 radical (unpaired) electrons. The van der Waals surface area contributed by atoms with Crippen LogP contribution in [-0.4, -0.2) is 15.6 Å². The van der Waals surface area contributed by atoms with Crippen molar-refractivity contribution in [2.24, 2.45) is 0 Å². The highest BCUT2D eigenvalue weighted by molar-refractivity contribution is 7.18. The minimum absolute atomic E-state index is 0.0576. The predicted molar refractivity (Wildman–Crippen MR) is 72.5 cm³/mol. The van der Waals surface area contributed by atoms with Gasteiger partial charge < -0.3 is 0 Å². The first-order valence-electron chi connectivity index (χ1n) is 5.13. The Morgan fingerprint density at radius 2 is 1.85 bits per heavy atom. The maximum absolute atomic E-state index is 12.1. The second-order valence-electron chi connectivity index (χ2n) is 3.66. The maximum Gasteiger partial charge on any atom is 0.299 e. The summed E-state index contributed by atoms with van der Waals surface area (Å²) in [6.45, 7) is 0. The highest BCUT2D eigenvalue weighted by Gasteiger charge is 2.22. The van der Waals surface area contributed by atoms with E-state index >= 15 is 0 Å². The molecule has 1 heterocycles. The fraction of sp³-hybridized carbons (Fsp3) is 0. The summed E-state index contributed by atoms with van der Waals surface area (Å²) >= 11 is 6.43. The Labute approximate surface area is 120 Å². The van der Waals surface area contributed by atoms with E-state index in [9.17, 15) is 25.0 Å². The molecule has 102 valence electrons. The molecule has 0 N–H and O–H groups in total. The number of hydrogen-bond acceptors (Lipinski definition) is 6. The Bertz CT molecular complexity index is 727. The number of halogens is 1. The van der Waals surface area contributed by atoms with Crippen LogP contribution >= 0.6 is 22.9 Å². The third-order valence-corrected chi connectivity index (χ3v) is 3.74. The smallest absolute Gasteiger partial charge is 0.288 e. The van der Waals surface area contributed by atoms with Crippen molar-refractivity contribution in [2.75, 3.05) is 0 Å². The van der Waals surface area contributed by atoms with Crippen LogP contribution in [0, 0.1) is 20.2 Å². The number of carbonyl (C=O) groups excluding carboxylic acids is 1. The van der Waals surface area contributed by atoms with E-state index in [1.807, 2.05) is 0 Å². The number of benzene rings is 1. The van der Waals surface area contributed by atoms with Crippen LogP contribution in [0.1, 0.15) is 15.2 Å². The van der Waals surface area contributed by atoms with Crippen LogP contribution in [0.15, 0.2) is 30.3 Å². The van der Waals surface area contributed by atoms with Gasteiger partial charge in [0, 0.05) is 23.8 Å². The fourth-order valence-electron chi connectivity index (χ4n) is 1.50. The second-order valence-corrected chi connectivity index (χ2v) is 5.32. The Hall–Kier alpha value is -2.32. The van der Waals surface area contributed by atoms with Gasteiger partial charge in [-0.3, -0.25) is 25.0 Å². The number of rotatable bonds is 4. The maximum atomic E-state index is 12.1. The van der Waals surface area contributed by atoms with E-state index in [0.29, 0.717) is 0 Å². The molecule has 0 amide bonds. The summed E-state index contributed by atoms with van der Waals surface area (Å²) in [5.41, 5.74) is -0.509. The van der Waals surface area contributed by atoms with Crippen LogP contribution in [0.5, 0.6) is 0 Å². The van der Waals surface area contributed by atoms with Gasteiger partial charge >= 0.3 is 0 Å². The van der Waals surface area contributed by atoms with Crippen molar-refractivity contribution in [2.45, 2.75) is 0 Å². The number of nitro benzene ring substituents is 1. The van der Waals surface area contributed by atoms with Crippen molar-refractivity contribution < 1.29 is 14.6 Å². The number of nitrogens with zero attached hydrogens (tertiary/aromatic N) is 2. The summed E-state index contributed by atoms with van der Waals surface area (Å²) in [6, 6.07) is 6.19. The Morgan fingerprint density at radius 1 is 1.15 bits per heavy atom. The minimum atomic E-state index is -0.691. The summed E-state index contributed by atoms with van der Waals surface area (Å²) in [5, 5.41) is 21.3. The Kier molecular flexibility index (Phi) is 3.77. The number of ketones is 1. The fourth-order valence-corrected chi connectivity index (χ4v) is 2.68. The summed E-state index contributed by atoms with van der Waals surface area (Å²) in [6.07, 6.45) is 0. The molecule has 1 aromatic carbocycles. The van der Waals surface area contributed by atoms with E-state index in [1.165, 1.54) is 18.2 Å². The quantitative estimate of drug-likeness (QED) is 0.488. The summed E-state index contributed by atoms with van der Waals surface area (Å²) in [5.74, 6) is -0.548. The molecule has 0 atom stereocenters. The van der Waals surface area contributed by atoms with E-state index in [0.717, 1.165) is 23.5 Å². The van der Waals surface area contributed by atoms with Crippen LogP contribution in [0.2, 0.25) is 4.34 Å². The van der Waals surface area contributed by atoms with Gasteiger partial charge in [-0.1, -0.05) is 23.7 Å². The van der Waals surface area contributed by atoms with E-state index in [1.54, 1.807) is 0 Å². The molecular weight excluding hydrogens is 308 g/mol. The zero-order chi connectivity index (χ0) is 14.9. The number of hydrogen-bond donors (Lipinski definition) is 0. The number of carbonyl (C=O) groups is 1. The van der Waals surface area contributed by atoms with Crippen molar-refractivity contribution in [3.63, 3.8) is 0 Å². The lowest BCUT2D eigenvalue weighted by atomic mass is 10.1. The lowest BCUT2D eigenvalue weighted by Crippen LogP contribution is -1.99. The Morgan fingerprint density at radius 3 is 2.40 bits per heavy atom. The number of non-ortho nitro benzene ring substituents is 1. The third kappa shape index (κ3) is 2.65. The SMILES string of the molecule is O=C(c1cccc([N+](=O)[O-])c1)c1cc([N+](=O)[O-])c(Cl)s1. The highest BCUT2D eigenvalue weighted by Crippen LogP contribution is 2.35. The van der Waals surface area contributed by atoms with Gasteiger partial charge in [-0.05, 0) is 0 Å². The number of nitro groups is 2. The lowest BCUT2D eigenvalue weighted by Gasteiger charge is -1.97. The van der Waals surface area contributed by atoms with Crippen molar-refractivity contribution in [1.29, 1.82) is 0 Å². The van der Waals surface area contributed by atoms with Gasteiger partial charge in [0.05, 0.1) is 14.7 Å². The van der Waals surface area contributed by atoms with Gasteiger partial charge in [-0.2, -0.15) is 0 Å². The highest BCUT2D eigenvalue weighted by atomic mass is 35.5. The van der Waals surface area contributed by atoms with Crippen molar-refractivity contribution in [3.8, 4) is 0 Å². The van der Waals surface area contributed by atoms with Gasteiger partial charge in [0.2, 0.25) is 5.78 Å². The zero-order valence-corrected chi connectivity index (χ0v) is 11.2. The predicted octanol–water partition coefficient (Wildman–Crippen LogP) is 3.45. The summed E-state index contributed by atoms with van der Waals surface area (Å²) in [4.78, 5) is 32.2. The number of thiophene rings is 1. The van der Waals surface area contributed by atoms with Gasteiger partial charge in [0.25, 0.3) is 11.4 Å². The van der Waals surface area contributed by atoms with Crippen LogP contribution in [0.3, 0.4) is 0 Å². The normalized spacial score (nSPS) is 10.2. The average Bonchev–Trinajstić information content (AvgIpc) is 2.80. The van der Waals surface area contributed by atoms with Gasteiger partial charge in [-0.25, -0.2) is 0 Å². The molecule has 1 aromatic heterocycles. The van der Waals surface area contributed by atoms with Crippen LogP contribution in [-0.2, 0) is 0 Å². The second kappa shape index (κ2) is 5.35. The minimum Gasteiger partial charge on any atom is -0.288 e. The van der Waals surface area contributed by atoms with Gasteiger partial charge in [0.1, 0.15) is 0 Å². The van der Waals surface area contributed by atoms with Crippen LogP contribution in [0.4, 0.5) is 11.4 Å². The summed E-state index contributed by atoms with van der Waals surface area (Å²) < 4.78 is -0.108.